The minimum absolute atomic E-state index is 0.000221. The van der Waals surface area contributed by atoms with Crippen LogP contribution in [0.1, 0.15) is 32.3 Å². The maximum absolute atomic E-state index is 12.3. The first kappa shape index (κ1) is 13.6. The number of thiophene rings is 1. The molecule has 1 aromatic rings. The van der Waals surface area contributed by atoms with Crippen molar-refractivity contribution in [3.63, 3.8) is 0 Å². The molecule has 1 fully saturated rings. The molecule has 0 spiro atoms. The van der Waals surface area contributed by atoms with Crippen molar-refractivity contribution in [3.8, 4) is 0 Å². The van der Waals surface area contributed by atoms with E-state index in [0.717, 1.165) is 18.5 Å². The van der Waals surface area contributed by atoms with Gasteiger partial charge in [-0.25, -0.2) is 0 Å². The Morgan fingerprint density at radius 1 is 1.61 bits per heavy atom. The van der Waals surface area contributed by atoms with Gasteiger partial charge in [0.15, 0.2) is 0 Å². The zero-order chi connectivity index (χ0) is 13.2. The first-order chi connectivity index (χ1) is 8.46. The molecule has 1 aromatic heterocycles. The SMILES string of the molecule is CC1(C)C[C@@H](O)CCN(C(=O)Cc2ccsc2)C1. The van der Waals surface area contributed by atoms with Gasteiger partial charge in [0.05, 0.1) is 12.5 Å². The van der Waals surface area contributed by atoms with E-state index < -0.39 is 0 Å². The molecule has 1 atom stereocenters. The molecule has 0 radical (unpaired) electrons. The van der Waals surface area contributed by atoms with Crippen LogP contribution in [-0.2, 0) is 11.2 Å². The Morgan fingerprint density at radius 2 is 2.39 bits per heavy atom. The zero-order valence-electron chi connectivity index (χ0n) is 11.1. The van der Waals surface area contributed by atoms with Crippen LogP contribution in [0.3, 0.4) is 0 Å². The highest BCUT2D eigenvalue weighted by molar-refractivity contribution is 7.07. The van der Waals surface area contributed by atoms with Crippen molar-refractivity contribution in [2.24, 2.45) is 5.41 Å². The minimum atomic E-state index is -0.279. The van der Waals surface area contributed by atoms with Crippen molar-refractivity contribution in [1.82, 2.24) is 4.90 Å². The number of rotatable bonds is 2. The second kappa shape index (κ2) is 5.41. The van der Waals surface area contributed by atoms with Crippen LogP contribution in [0.25, 0.3) is 0 Å². The van der Waals surface area contributed by atoms with Crippen molar-refractivity contribution in [2.45, 2.75) is 39.2 Å². The topological polar surface area (TPSA) is 40.5 Å². The summed E-state index contributed by atoms with van der Waals surface area (Å²) < 4.78 is 0. The smallest absolute Gasteiger partial charge is 0.227 e. The summed E-state index contributed by atoms with van der Waals surface area (Å²) in [5, 5.41) is 13.9. The van der Waals surface area contributed by atoms with Crippen molar-refractivity contribution >= 4 is 17.2 Å². The lowest BCUT2D eigenvalue weighted by molar-refractivity contribution is -0.131. The highest BCUT2D eigenvalue weighted by atomic mass is 32.1. The Bertz CT molecular complexity index is 400. The molecule has 18 heavy (non-hydrogen) atoms. The molecule has 4 heteroatoms. The van der Waals surface area contributed by atoms with Crippen molar-refractivity contribution < 1.29 is 9.90 Å². The van der Waals surface area contributed by atoms with E-state index in [1.807, 2.05) is 21.7 Å². The largest absolute Gasteiger partial charge is 0.393 e. The molecular formula is C14H21NO2S. The number of aliphatic hydroxyl groups is 1. The van der Waals surface area contributed by atoms with Gasteiger partial charge in [-0.1, -0.05) is 13.8 Å². The highest BCUT2D eigenvalue weighted by Crippen LogP contribution is 2.28. The summed E-state index contributed by atoms with van der Waals surface area (Å²) >= 11 is 1.62. The van der Waals surface area contributed by atoms with Gasteiger partial charge in [-0.05, 0) is 40.6 Å². The maximum atomic E-state index is 12.3. The number of carbonyl (C=O) groups is 1. The molecule has 3 nitrogen and oxygen atoms in total. The molecule has 0 bridgehead atoms. The Morgan fingerprint density at radius 3 is 3.06 bits per heavy atom. The second-order valence-electron chi connectivity index (χ2n) is 5.93. The molecule has 0 aliphatic carbocycles. The second-order valence-corrected chi connectivity index (χ2v) is 6.71. The van der Waals surface area contributed by atoms with Crippen LogP contribution in [-0.4, -0.2) is 35.1 Å². The Kier molecular flexibility index (Phi) is 4.07. The molecule has 100 valence electrons. The number of aliphatic hydroxyl groups excluding tert-OH is 1. The maximum Gasteiger partial charge on any atom is 0.227 e. The first-order valence-electron chi connectivity index (χ1n) is 6.43. The van der Waals surface area contributed by atoms with Gasteiger partial charge in [0.25, 0.3) is 0 Å². The van der Waals surface area contributed by atoms with E-state index in [0.29, 0.717) is 19.4 Å². The summed E-state index contributed by atoms with van der Waals surface area (Å²) in [6.45, 7) is 5.65. The monoisotopic (exact) mass is 267 g/mol. The Labute approximate surface area is 112 Å². The molecular weight excluding hydrogens is 246 g/mol. The van der Waals surface area contributed by atoms with Crippen molar-refractivity contribution in [1.29, 1.82) is 0 Å². The number of likely N-dealkylation sites (tertiary alicyclic amines) is 1. The molecule has 0 saturated carbocycles. The molecule has 1 N–H and O–H groups in total. The Balaban J connectivity index is 2.01. The normalized spacial score (nSPS) is 23.7. The predicted octanol–water partition coefficient (Wildman–Crippen LogP) is 2.30. The number of amides is 1. The average molecular weight is 267 g/mol. The van der Waals surface area contributed by atoms with E-state index in [1.165, 1.54) is 0 Å². The molecule has 2 rings (SSSR count). The number of carbonyl (C=O) groups excluding carboxylic acids is 1. The summed E-state index contributed by atoms with van der Waals surface area (Å²) in [6.07, 6.45) is 1.67. The summed E-state index contributed by atoms with van der Waals surface area (Å²) in [4.78, 5) is 14.2. The zero-order valence-corrected chi connectivity index (χ0v) is 11.9. The third-order valence-electron chi connectivity index (χ3n) is 3.43. The van der Waals surface area contributed by atoms with E-state index in [-0.39, 0.29) is 17.4 Å². The summed E-state index contributed by atoms with van der Waals surface area (Å²) in [5.74, 6) is 0.176. The Hall–Kier alpha value is -0.870. The molecule has 2 heterocycles. The van der Waals surface area contributed by atoms with Crippen LogP contribution in [0, 0.1) is 5.41 Å². The lowest BCUT2D eigenvalue weighted by Gasteiger charge is -2.29. The van der Waals surface area contributed by atoms with Crippen molar-refractivity contribution in [3.05, 3.63) is 22.4 Å². The van der Waals surface area contributed by atoms with E-state index in [2.05, 4.69) is 13.8 Å². The van der Waals surface area contributed by atoms with Gasteiger partial charge in [-0.3, -0.25) is 4.79 Å². The number of hydrogen-bond donors (Lipinski definition) is 1. The quantitative estimate of drug-likeness (QED) is 0.893. The van der Waals surface area contributed by atoms with Crippen molar-refractivity contribution in [2.75, 3.05) is 13.1 Å². The average Bonchev–Trinajstić information content (AvgIpc) is 2.70. The number of hydrogen-bond acceptors (Lipinski definition) is 3. The van der Waals surface area contributed by atoms with E-state index >= 15 is 0 Å². The van der Waals surface area contributed by atoms with E-state index in [4.69, 9.17) is 0 Å². The van der Waals surface area contributed by atoms with Crippen LogP contribution < -0.4 is 0 Å². The fourth-order valence-corrected chi connectivity index (χ4v) is 3.27. The highest BCUT2D eigenvalue weighted by Gasteiger charge is 2.31. The van der Waals surface area contributed by atoms with Gasteiger partial charge in [-0.15, -0.1) is 0 Å². The van der Waals surface area contributed by atoms with Crippen LogP contribution >= 0.6 is 11.3 Å². The molecule has 1 amide bonds. The van der Waals surface area contributed by atoms with Gasteiger partial charge in [-0.2, -0.15) is 11.3 Å². The van der Waals surface area contributed by atoms with Gasteiger partial charge < -0.3 is 10.0 Å². The van der Waals surface area contributed by atoms with Gasteiger partial charge in [0.2, 0.25) is 5.91 Å². The molecule has 1 aliphatic rings. The van der Waals surface area contributed by atoms with Crippen LogP contribution in [0.15, 0.2) is 16.8 Å². The summed E-state index contributed by atoms with van der Waals surface area (Å²) in [5.41, 5.74) is 1.09. The predicted molar refractivity (Wildman–Crippen MR) is 73.6 cm³/mol. The standard InChI is InChI=1S/C14H21NO2S/c1-14(2)8-12(16)3-5-15(10-14)13(17)7-11-4-6-18-9-11/h4,6,9,12,16H,3,5,7-8,10H2,1-2H3/t12-/m0/s1. The van der Waals surface area contributed by atoms with Crippen LogP contribution in [0.4, 0.5) is 0 Å². The van der Waals surface area contributed by atoms with Gasteiger partial charge >= 0.3 is 0 Å². The molecule has 0 unspecified atom stereocenters. The van der Waals surface area contributed by atoms with E-state index in [9.17, 15) is 9.90 Å². The first-order valence-corrected chi connectivity index (χ1v) is 7.37. The summed E-state index contributed by atoms with van der Waals surface area (Å²) in [7, 11) is 0. The summed E-state index contributed by atoms with van der Waals surface area (Å²) in [6, 6.07) is 2.00. The number of nitrogens with zero attached hydrogens (tertiary/aromatic N) is 1. The fraction of sp³-hybridized carbons (Fsp3) is 0.643. The third kappa shape index (κ3) is 3.56. The van der Waals surface area contributed by atoms with Crippen LogP contribution in [0.2, 0.25) is 0 Å². The molecule has 1 aliphatic heterocycles. The lowest BCUT2D eigenvalue weighted by Crippen LogP contribution is -2.38. The lowest BCUT2D eigenvalue weighted by atomic mass is 9.87. The van der Waals surface area contributed by atoms with Gasteiger partial charge in [0, 0.05) is 13.1 Å². The molecule has 1 saturated heterocycles. The fourth-order valence-electron chi connectivity index (χ4n) is 2.60. The van der Waals surface area contributed by atoms with E-state index in [1.54, 1.807) is 11.3 Å². The van der Waals surface area contributed by atoms with Gasteiger partial charge in [0.1, 0.15) is 0 Å². The third-order valence-corrected chi connectivity index (χ3v) is 4.16. The molecule has 0 aromatic carbocycles. The van der Waals surface area contributed by atoms with Crippen LogP contribution in [0.5, 0.6) is 0 Å². The minimum Gasteiger partial charge on any atom is -0.393 e.